The van der Waals surface area contributed by atoms with Gasteiger partial charge in [-0.15, -0.1) is 0 Å². The molecule has 0 N–H and O–H groups in total. The van der Waals surface area contributed by atoms with Crippen LogP contribution in [0.3, 0.4) is 0 Å². The molecule has 0 spiro atoms. The van der Waals surface area contributed by atoms with Crippen LogP contribution < -0.4 is 4.90 Å². The van der Waals surface area contributed by atoms with Crippen molar-refractivity contribution < 1.29 is 0 Å². The molecule has 256 valence electrons. The zero-order valence-corrected chi connectivity index (χ0v) is 29.9. The van der Waals surface area contributed by atoms with E-state index < -0.39 is 0 Å². The summed E-state index contributed by atoms with van der Waals surface area (Å²) in [4.78, 5) is 2.34. The van der Waals surface area contributed by atoms with Gasteiger partial charge in [0.25, 0.3) is 0 Å². The van der Waals surface area contributed by atoms with Crippen LogP contribution in [0.25, 0.3) is 76.8 Å². The smallest absolute Gasteiger partial charge is 0.0542 e. The second kappa shape index (κ2) is 12.0. The summed E-state index contributed by atoms with van der Waals surface area (Å²) >= 11 is 0. The average molecular weight is 693 g/mol. The Bertz CT molecular complexity index is 3160. The predicted molar refractivity (Wildman–Crippen MR) is 228 cm³/mol. The molecule has 8 aromatic carbocycles. The first-order chi connectivity index (χ1) is 26.8. The lowest BCUT2D eigenvalue weighted by Crippen LogP contribution is -2.09. The van der Waals surface area contributed by atoms with Crippen molar-refractivity contribution in [1.29, 1.82) is 0 Å². The second-order valence-electron chi connectivity index (χ2n) is 14.1. The van der Waals surface area contributed by atoms with Gasteiger partial charge in [-0.1, -0.05) is 91.0 Å². The first-order valence-corrected chi connectivity index (χ1v) is 18.8. The van der Waals surface area contributed by atoms with E-state index in [-0.39, 0.29) is 0 Å². The summed E-state index contributed by atoms with van der Waals surface area (Å²) in [6.45, 7) is 3.16. The van der Waals surface area contributed by atoms with Gasteiger partial charge in [0.05, 0.1) is 22.1 Å². The van der Waals surface area contributed by atoms with E-state index in [1.54, 1.807) is 0 Å². The first-order valence-electron chi connectivity index (χ1n) is 18.8. The summed E-state index contributed by atoms with van der Waals surface area (Å²) < 4.78 is 7.29. The highest BCUT2D eigenvalue weighted by Gasteiger charge is 2.20. The summed E-state index contributed by atoms with van der Waals surface area (Å²) in [7, 11) is 0. The molecule has 3 heterocycles. The van der Waals surface area contributed by atoms with Crippen LogP contribution >= 0.6 is 0 Å². The van der Waals surface area contributed by atoms with E-state index in [0.717, 1.165) is 29.3 Å². The van der Waals surface area contributed by atoms with Crippen LogP contribution in [0.5, 0.6) is 0 Å². The van der Waals surface area contributed by atoms with E-state index in [1.807, 2.05) is 0 Å². The minimum Gasteiger partial charge on any atom is -0.341 e. The largest absolute Gasteiger partial charge is 0.341 e. The number of aryl methyl sites for hydroxylation is 1. The third-order valence-corrected chi connectivity index (χ3v) is 11.2. The van der Waals surface area contributed by atoms with Gasteiger partial charge in [0.15, 0.2) is 0 Å². The topological polar surface area (TPSA) is 18.0 Å². The molecular formula is C50H36N4. The van der Waals surface area contributed by atoms with Crippen molar-refractivity contribution in [3.63, 3.8) is 0 Å². The van der Waals surface area contributed by atoms with Gasteiger partial charge in [0.2, 0.25) is 0 Å². The Hall–Kier alpha value is -7.04. The van der Waals surface area contributed by atoms with E-state index in [2.05, 4.69) is 214 Å². The first kappa shape index (κ1) is 30.6. The van der Waals surface area contributed by atoms with Crippen molar-refractivity contribution in [2.75, 3.05) is 4.90 Å². The van der Waals surface area contributed by atoms with Crippen molar-refractivity contribution in [1.82, 2.24) is 13.7 Å². The van der Waals surface area contributed by atoms with Gasteiger partial charge in [0, 0.05) is 78.3 Å². The quantitative estimate of drug-likeness (QED) is 0.170. The highest BCUT2D eigenvalue weighted by molar-refractivity contribution is 6.14. The monoisotopic (exact) mass is 692 g/mol. The number of aromatic nitrogens is 3. The van der Waals surface area contributed by atoms with Crippen LogP contribution in [0.2, 0.25) is 0 Å². The van der Waals surface area contributed by atoms with Crippen LogP contribution in [-0.2, 0) is 6.54 Å². The van der Waals surface area contributed by atoms with Gasteiger partial charge < -0.3 is 18.6 Å². The molecule has 0 amide bonds. The van der Waals surface area contributed by atoms with Gasteiger partial charge in [-0.05, 0) is 104 Å². The lowest BCUT2D eigenvalue weighted by Gasteiger charge is -2.25. The van der Waals surface area contributed by atoms with Crippen LogP contribution in [0.1, 0.15) is 6.92 Å². The van der Waals surface area contributed by atoms with E-state index in [1.165, 1.54) is 71.1 Å². The van der Waals surface area contributed by atoms with E-state index >= 15 is 0 Å². The van der Waals surface area contributed by atoms with Crippen molar-refractivity contribution in [3.8, 4) is 11.4 Å². The number of para-hydroxylation sites is 5. The summed E-state index contributed by atoms with van der Waals surface area (Å²) in [6.07, 6.45) is 0. The molecule has 4 heteroatoms. The van der Waals surface area contributed by atoms with Crippen molar-refractivity contribution in [2.24, 2.45) is 0 Å². The molecule has 0 bridgehead atoms. The van der Waals surface area contributed by atoms with E-state index in [4.69, 9.17) is 0 Å². The maximum atomic E-state index is 2.44. The number of hydrogen-bond acceptors (Lipinski definition) is 1. The fourth-order valence-electron chi connectivity index (χ4n) is 8.88. The zero-order valence-electron chi connectivity index (χ0n) is 29.9. The van der Waals surface area contributed by atoms with Crippen LogP contribution in [-0.4, -0.2) is 13.7 Å². The molecule has 54 heavy (non-hydrogen) atoms. The average Bonchev–Trinajstić information content (AvgIpc) is 3.86. The molecule has 11 aromatic rings. The molecule has 0 atom stereocenters. The summed E-state index contributed by atoms with van der Waals surface area (Å²) in [5.41, 5.74) is 13.0. The van der Waals surface area contributed by atoms with Gasteiger partial charge >= 0.3 is 0 Å². The minimum atomic E-state index is 0.934. The molecular weight excluding hydrogens is 657 g/mol. The van der Waals surface area contributed by atoms with Gasteiger partial charge in [-0.3, -0.25) is 0 Å². The lowest BCUT2D eigenvalue weighted by molar-refractivity contribution is 0.827. The highest BCUT2D eigenvalue weighted by atomic mass is 15.1. The molecule has 0 fully saturated rings. The van der Waals surface area contributed by atoms with Crippen molar-refractivity contribution >= 4 is 82.5 Å². The molecule has 0 radical (unpaired) electrons. The fraction of sp³-hybridized carbons (Fsp3) is 0.0400. The molecule has 0 saturated heterocycles. The number of rotatable bonds is 6. The van der Waals surface area contributed by atoms with Gasteiger partial charge in [0.1, 0.15) is 0 Å². The molecule has 0 aliphatic carbocycles. The normalized spacial score (nSPS) is 11.9. The van der Waals surface area contributed by atoms with Crippen molar-refractivity contribution in [3.05, 3.63) is 188 Å². The third-order valence-electron chi connectivity index (χ3n) is 11.2. The number of benzene rings is 8. The molecule has 11 rings (SSSR count). The summed E-state index contributed by atoms with van der Waals surface area (Å²) in [5, 5.41) is 7.52. The molecule has 4 nitrogen and oxygen atoms in total. The number of nitrogens with zero attached hydrogens (tertiary/aromatic N) is 4. The van der Waals surface area contributed by atoms with Crippen LogP contribution in [0.15, 0.2) is 188 Å². The molecule has 0 aliphatic heterocycles. The third kappa shape index (κ3) is 4.50. The standard InChI is InChI=1S/C50H36N4/c1-2-51-45-22-12-9-19-39(45)42-32-37(25-28-46(42)51)53-48-24-14-11-21-41(48)44-33-38(27-30-50(44)53)54-47-23-13-10-20-40(47)43-31-36(26-29-49(43)54)52(34-15-5-3-6-16-34)35-17-7-4-8-18-35/h3-33H,2H2,1H3. The molecule has 0 aliphatic rings. The van der Waals surface area contributed by atoms with Gasteiger partial charge in [-0.25, -0.2) is 0 Å². The Labute approximate surface area is 312 Å². The van der Waals surface area contributed by atoms with Crippen LogP contribution in [0.4, 0.5) is 17.1 Å². The second-order valence-corrected chi connectivity index (χ2v) is 14.1. The predicted octanol–water partition coefficient (Wildman–Crippen LogP) is 13.5. The Morgan fingerprint density at radius 3 is 1.28 bits per heavy atom. The number of hydrogen-bond donors (Lipinski definition) is 0. The van der Waals surface area contributed by atoms with Crippen molar-refractivity contribution in [2.45, 2.75) is 13.5 Å². The zero-order chi connectivity index (χ0) is 35.8. The number of fused-ring (bicyclic) bond motifs is 9. The summed E-state index contributed by atoms with van der Waals surface area (Å²) in [5.74, 6) is 0. The Kier molecular flexibility index (Phi) is 6.80. The fourth-order valence-corrected chi connectivity index (χ4v) is 8.88. The number of anilines is 3. The lowest BCUT2D eigenvalue weighted by atomic mass is 10.1. The van der Waals surface area contributed by atoms with E-state index in [9.17, 15) is 0 Å². The SMILES string of the molecule is CCn1c2ccccc2c2cc(-n3c4ccccc4c4cc(-n5c6ccccc6c6cc(N(c7ccccc7)c7ccccc7)ccc65)ccc43)ccc21. The maximum Gasteiger partial charge on any atom is 0.0542 e. The molecule has 0 unspecified atom stereocenters. The Balaban J connectivity index is 1.11. The van der Waals surface area contributed by atoms with Crippen LogP contribution in [0, 0.1) is 0 Å². The van der Waals surface area contributed by atoms with Gasteiger partial charge in [-0.2, -0.15) is 0 Å². The Morgan fingerprint density at radius 1 is 0.333 bits per heavy atom. The van der Waals surface area contributed by atoms with E-state index in [0.29, 0.717) is 0 Å². The maximum absolute atomic E-state index is 2.44. The Morgan fingerprint density at radius 2 is 0.722 bits per heavy atom. The molecule has 0 saturated carbocycles. The summed E-state index contributed by atoms with van der Waals surface area (Å²) in [6, 6.07) is 68.5. The molecule has 3 aromatic heterocycles. The highest BCUT2D eigenvalue weighted by Crippen LogP contribution is 2.41. The minimum absolute atomic E-state index is 0.934.